The van der Waals surface area contributed by atoms with E-state index in [4.69, 9.17) is 23.2 Å². The van der Waals surface area contributed by atoms with Crippen molar-refractivity contribution >= 4 is 44.8 Å². The molecular weight excluding hydrogens is 421 g/mol. The molecule has 1 amide bonds. The SMILES string of the molecule is CC1CC(C)CN(S(=O)(=O)c2ccc(NC(=O)c3nc(Cl)ccc3Cl)cc2)C1. The fraction of sp³-hybridized carbons (Fsp3) is 0.368. The molecule has 1 aliphatic heterocycles. The van der Waals surface area contributed by atoms with E-state index in [1.165, 1.54) is 28.6 Å². The quantitative estimate of drug-likeness (QED) is 0.716. The number of carbonyl (C=O) groups excluding carboxylic acids is 1. The molecule has 9 heteroatoms. The summed E-state index contributed by atoms with van der Waals surface area (Å²) in [5.41, 5.74) is 0.435. The maximum Gasteiger partial charge on any atom is 0.275 e. The first-order chi connectivity index (χ1) is 13.2. The zero-order valence-corrected chi connectivity index (χ0v) is 17.9. The Labute approximate surface area is 174 Å². The number of aromatic nitrogens is 1. The van der Waals surface area contributed by atoms with Crippen LogP contribution in [0.5, 0.6) is 0 Å². The molecule has 0 radical (unpaired) electrons. The number of benzene rings is 1. The molecule has 28 heavy (non-hydrogen) atoms. The van der Waals surface area contributed by atoms with Gasteiger partial charge in [-0.1, -0.05) is 37.0 Å². The summed E-state index contributed by atoms with van der Waals surface area (Å²) in [4.78, 5) is 16.5. The molecule has 0 spiro atoms. The predicted octanol–water partition coefficient (Wildman–Crippen LogP) is 4.31. The highest BCUT2D eigenvalue weighted by Gasteiger charge is 2.31. The van der Waals surface area contributed by atoms with Crippen LogP contribution >= 0.6 is 23.2 Å². The Morgan fingerprint density at radius 3 is 2.29 bits per heavy atom. The fourth-order valence-corrected chi connectivity index (χ4v) is 5.45. The van der Waals surface area contributed by atoms with Gasteiger partial charge in [0.2, 0.25) is 10.0 Å². The largest absolute Gasteiger partial charge is 0.321 e. The van der Waals surface area contributed by atoms with Crippen LogP contribution in [-0.4, -0.2) is 36.7 Å². The number of hydrogen-bond donors (Lipinski definition) is 1. The third-order valence-corrected chi connectivity index (χ3v) is 6.97. The van der Waals surface area contributed by atoms with Crippen molar-refractivity contribution in [3.63, 3.8) is 0 Å². The molecule has 1 saturated heterocycles. The Bertz CT molecular complexity index is 970. The normalized spacial score (nSPS) is 20.7. The number of sulfonamides is 1. The molecule has 1 aromatic carbocycles. The van der Waals surface area contributed by atoms with E-state index in [-0.39, 0.29) is 20.8 Å². The smallest absolute Gasteiger partial charge is 0.275 e. The number of piperidine rings is 1. The summed E-state index contributed by atoms with van der Waals surface area (Å²) in [7, 11) is -3.57. The summed E-state index contributed by atoms with van der Waals surface area (Å²) >= 11 is 11.8. The first kappa shape index (κ1) is 21.0. The number of rotatable bonds is 4. The number of amides is 1. The maximum atomic E-state index is 12.9. The molecule has 1 aliphatic rings. The minimum Gasteiger partial charge on any atom is -0.321 e. The summed E-state index contributed by atoms with van der Waals surface area (Å²) < 4.78 is 27.4. The lowest BCUT2D eigenvalue weighted by Gasteiger charge is -2.34. The van der Waals surface area contributed by atoms with Gasteiger partial charge >= 0.3 is 0 Å². The van der Waals surface area contributed by atoms with E-state index in [2.05, 4.69) is 24.1 Å². The van der Waals surface area contributed by atoms with Crippen molar-refractivity contribution in [1.82, 2.24) is 9.29 Å². The molecule has 0 bridgehead atoms. The van der Waals surface area contributed by atoms with Crippen LogP contribution in [0.1, 0.15) is 30.8 Å². The van der Waals surface area contributed by atoms with Gasteiger partial charge in [0.25, 0.3) is 5.91 Å². The molecular formula is C19H21Cl2N3O3S. The Kier molecular flexibility index (Phi) is 6.29. The summed E-state index contributed by atoms with van der Waals surface area (Å²) in [5.74, 6) is 0.126. The number of nitrogens with one attached hydrogen (secondary N) is 1. The predicted molar refractivity (Wildman–Crippen MR) is 110 cm³/mol. The Morgan fingerprint density at radius 1 is 1.07 bits per heavy atom. The van der Waals surface area contributed by atoms with Crippen LogP contribution in [0.4, 0.5) is 5.69 Å². The summed E-state index contributed by atoms with van der Waals surface area (Å²) in [6.07, 6.45) is 1.02. The first-order valence-corrected chi connectivity index (χ1v) is 11.1. The van der Waals surface area contributed by atoms with E-state index in [1.54, 1.807) is 12.1 Å². The molecule has 0 saturated carbocycles. The van der Waals surface area contributed by atoms with Crippen molar-refractivity contribution in [2.24, 2.45) is 11.8 Å². The third kappa shape index (κ3) is 4.66. The fourth-order valence-electron chi connectivity index (χ4n) is 3.43. The molecule has 150 valence electrons. The lowest BCUT2D eigenvalue weighted by molar-refractivity contribution is 0.102. The Balaban J connectivity index is 1.76. The van der Waals surface area contributed by atoms with Crippen molar-refractivity contribution < 1.29 is 13.2 Å². The Hall–Kier alpha value is -1.67. The molecule has 2 aromatic rings. The van der Waals surface area contributed by atoms with E-state index >= 15 is 0 Å². The number of pyridine rings is 1. The van der Waals surface area contributed by atoms with Crippen LogP contribution < -0.4 is 5.32 Å². The van der Waals surface area contributed by atoms with Gasteiger partial charge < -0.3 is 5.32 Å². The number of carbonyl (C=O) groups is 1. The first-order valence-electron chi connectivity index (χ1n) is 8.90. The van der Waals surface area contributed by atoms with Crippen molar-refractivity contribution in [2.75, 3.05) is 18.4 Å². The van der Waals surface area contributed by atoms with Crippen LogP contribution in [0.3, 0.4) is 0 Å². The van der Waals surface area contributed by atoms with Gasteiger partial charge in [0.15, 0.2) is 0 Å². The van der Waals surface area contributed by atoms with E-state index in [0.29, 0.717) is 30.6 Å². The van der Waals surface area contributed by atoms with Crippen LogP contribution in [0.15, 0.2) is 41.3 Å². The second-order valence-corrected chi connectivity index (χ2v) is 9.94. The number of hydrogen-bond acceptors (Lipinski definition) is 4. The molecule has 2 heterocycles. The minimum atomic E-state index is -3.57. The standard InChI is InChI=1S/C19H21Cl2N3O3S/c1-12-9-13(2)11-24(10-12)28(26,27)15-5-3-14(4-6-15)22-19(25)18-16(20)7-8-17(21)23-18/h3-8,12-13H,9-11H2,1-2H3,(H,22,25). The summed E-state index contributed by atoms with van der Waals surface area (Å²) in [5, 5.41) is 2.97. The van der Waals surface area contributed by atoms with Crippen molar-refractivity contribution in [3.05, 3.63) is 52.3 Å². The summed E-state index contributed by atoms with van der Waals surface area (Å²) in [6.45, 7) is 5.16. The second-order valence-electron chi connectivity index (χ2n) is 7.21. The zero-order chi connectivity index (χ0) is 20.5. The third-order valence-electron chi connectivity index (χ3n) is 4.61. The van der Waals surface area contributed by atoms with Gasteiger partial charge in [-0.25, -0.2) is 13.4 Å². The lowest BCUT2D eigenvalue weighted by Crippen LogP contribution is -2.42. The van der Waals surface area contributed by atoms with Gasteiger partial charge in [-0.15, -0.1) is 0 Å². The van der Waals surface area contributed by atoms with Gasteiger partial charge in [0.05, 0.1) is 9.92 Å². The monoisotopic (exact) mass is 441 g/mol. The molecule has 0 aliphatic carbocycles. The number of nitrogens with zero attached hydrogens (tertiary/aromatic N) is 2. The molecule has 2 unspecified atom stereocenters. The van der Waals surface area contributed by atoms with Crippen LogP contribution in [-0.2, 0) is 10.0 Å². The van der Waals surface area contributed by atoms with Crippen LogP contribution in [0.2, 0.25) is 10.2 Å². The van der Waals surface area contributed by atoms with E-state index < -0.39 is 15.9 Å². The molecule has 3 rings (SSSR count). The molecule has 6 nitrogen and oxygen atoms in total. The topological polar surface area (TPSA) is 79.4 Å². The van der Waals surface area contributed by atoms with Crippen molar-refractivity contribution in [3.8, 4) is 0 Å². The van der Waals surface area contributed by atoms with Gasteiger partial charge in [0, 0.05) is 18.8 Å². The van der Waals surface area contributed by atoms with E-state index in [0.717, 1.165) is 6.42 Å². The molecule has 1 N–H and O–H groups in total. The van der Waals surface area contributed by atoms with Gasteiger partial charge in [0.1, 0.15) is 10.8 Å². The maximum absolute atomic E-state index is 12.9. The van der Waals surface area contributed by atoms with Gasteiger partial charge in [-0.05, 0) is 54.7 Å². The minimum absolute atomic E-state index is 0.00200. The summed E-state index contributed by atoms with van der Waals surface area (Å²) in [6, 6.07) is 9.04. The Morgan fingerprint density at radius 2 is 1.68 bits per heavy atom. The highest BCUT2D eigenvalue weighted by atomic mass is 35.5. The second kappa shape index (κ2) is 8.37. The van der Waals surface area contributed by atoms with E-state index in [9.17, 15) is 13.2 Å². The number of anilines is 1. The van der Waals surface area contributed by atoms with E-state index in [1.807, 2.05) is 0 Å². The number of halogens is 2. The average molecular weight is 442 g/mol. The molecule has 2 atom stereocenters. The highest BCUT2D eigenvalue weighted by Crippen LogP contribution is 2.27. The zero-order valence-electron chi connectivity index (χ0n) is 15.5. The molecule has 1 fully saturated rings. The average Bonchev–Trinajstić information content (AvgIpc) is 2.63. The van der Waals surface area contributed by atoms with Crippen molar-refractivity contribution in [1.29, 1.82) is 0 Å². The van der Waals surface area contributed by atoms with Gasteiger partial charge in [-0.2, -0.15) is 4.31 Å². The lowest BCUT2D eigenvalue weighted by atomic mass is 9.94. The highest BCUT2D eigenvalue weighted by molar-refractivity contribution is 7.89. The molecule has 1 aromatic heterocycles. The van der Waals surface area contributed by atoms with Gasteiger partial charge in [-0.3, -0.25) is 4.79 Å². The van der Waals surface area contributed by atoms with Crippen LogP contribution in [0, 0.1) is 11.8 Å². The van der Waals surface area contributed by atoms with Crippen molar-refractivity contribution in [2.45, 2.75) is 25.2 Å². The van der Waals surface area contributed by atoms with Crippen LogP contribution in [0.25, 0.3) is 0 Å².